The topological polar surface area (TPSA) is 42.2 Å². The van der Waals surface area contributed by atoms with Gasteiger partial charge in [0.15, 0.2) is 0 Å². The molecule has 0 N–H and O–H groups in total. The minimum Gasteiger partial charge on any atom is -0.464 e. The predicted molar refractivity (Wildman–Crippen MR) is 86.2 cm³/mol. The van der Waals surface area contributed by atoms with Gasteiger partial charge in [0.1, 0.15) is 28.3 Å². The monoisotopic (exact) mass is 317 g/mol. The van der Waals surface area contributed by atoms with Crippen LogP contribution in [0.15, 0.2) is 22.6 Å². The molecule has 2 atom stereocenters. The summed E-state index contributed by atoms with van der Waals surface area (Å²) in [7, 11) is 0. The number of aromatic nitrogens is 2. The molecule has 2 aliphatic carbocycles. The van der Waals surface area contributed by atoms with Gasteiger partial charge in [-0.2, -0.15) is 0 Å². The first kappa shape index (κ1) is 14.1. The minimum absolute atomic E-state index is 0.500. The standard InChI is InChI=1S/C17H20ClN3O/c1-10-7-14(10)15-6-5-13(22-15)9-21(12-3-4-12)17-8-16(18)19-11(2)20-17/h5-6,8,10,12,14H,3-4,7,9H2,1-2H3. The van der Waals surface area contributed by atoms with Crippen LogP contribution in [0.4, 0.5) is 5.82 Å². The maximum atomic E-state index is 6.09. The van der Waals surface area contributed by atoms with Crippen LogP contribution in [0.2, 0.25) is 5.15 Å². The third-order valence-corrected chi connectivity index (χ3v) is 4.75. The van der Waals surface area contributed by atoms with E-state index in [4.69, 9.17) is 16.0 Å². The van der Waals surface area contributed by atoms with E-state index in [1.165, 1.54) is 19.3 Å². The van der Waals surface area contributed by atoms with E-state index < -0.39 is 0 Å². The quantitative estimate of drug-likeness (QED) is 0.770. The fourth-order valence-corrected chi connectivity index (χ4v) is 3.23. The van der Waals surface area contributed by atoms with Crippen LogP contribution in [0, 0.1) is 12.8 Å². The summed E-state index contributed by atoms with van der Waals surface area (Å²) in [5.41, 5.74) is 0. The molecule has 2 aromatic rings. The van der Waals surface area contributed by atoms with E-state index in [1.54, 1.807) is 0 Å². The Morgan fingerprint density at radius 1 is 1.32 bits per heavy atom. The van der Waals surface area contributed by atoms with Crippen LogP contribution >= 0.6 is 11.6 Å². The first-order valence-electron chi connectivity index (χ1n) is 7.96. The van der Waals surface area contributed by atoms with Gasteiger partial charge in [-0.3, -0.25) is 0 Å². The van der Waals surface area contributed by atoms with Crippen molar-refractivity contribution in [2.45, 2.75) is 51.6 Å². The Hall–Kier alpha value is -1.55. The molecule has 0 radical (unpaired) electrons. The number of aryl methyl sites for hydroxylation is 1. The zero-order chi connectivity index (χ0) is 15.3. The van der Waals surface area contributed by atoms with Gasteiger partial charge in [0, 0.05) is 18.0 Å². The van der Waals surface area contributed by atoms with Crippen LogP contribution < -0.4 is 4.90 Å². The Morgan fingerprint density at radius 3 is 2.73 bits per heavy atom. The van der Waals surface area contributed by atoms with E-state index >= 15 is 0 Å². The van der Waals surface area contributed by atoms with Gasteiger partial charge in [0.2, 0.25) is 0 Å². The fourth-order valence-electron chi connectivity index (χ4n) is 3.01. The lowest BCUT2D eigenvalue weighted by Gasteiger charge is -2.22. The van der Waals surface area contributed by atoms with Crippen molar-refractivity contribution in [1.29, 1.82) is 0 Å². The first-order valence-corrected chi connectivity index (χ1v) is 8.34. The van der Waals surface area contributed by atoms with Gasteiger partial charge < -0.3 is 9.32 Å². The summed E-state index contributed by atoms with van der Waals surface area (Å²) in [6.45, 7) is 4.90. The summed E-state index contributed by atoms with van der Waals surface area (Å²) in [6.07, 6.45) is 3.65. The van der Waals surface area contributed by atoms with Gasteiger partial charge in [-0.1, -0.05) is 18.5 Å². The number of furan rings is 1. The molecule has 22 heavy (non-hydrogen) atoms. The second-order valence-electron chi connectivity index (χ2n) is 6.58. The lowest BCUT2D eigenvalue weighted by atomic mass is 10.3. The van der Waals surface area contributed by atoms with Crippen LogP contribution in [-0.4, -0.2) is 16.0 Å². The van der Waals surface area contributed by atoms with E-state index in [-0.39, 0.29) is 0 Å². The Balaban J connectivity index is 1.56. The smallest absolute Gasteiger partial charge is 0.134 e. The first-order chi connectivity index (χ1) is 10.6. The van der Waals surface area contributed by atoms with Gasteiger partial charge in [0.05, 0.1) is 6.54 Å². The Morgan fingerprint density at radius 2 is 2.09 bits per heavy atom. The van der Waals surface area contributed by atoms with Gasteiger partial charge in [-0.25, -0.2) is 9.97 Å². The molecule has 0 aliphatic heterocycles. The summed E-state index contributed by atoms with van der Waals surface area (Å²) in [5.74, 6) is 5.14. The molecular weight excluding hydrogens is 298 g/mol. The Kier molecular flexibility index (Phi) is 3.37. The maximum absolute atomic E-state index is 6.09. The van der Waals surface area contributed by atoms with E-state index in [9.17, 15) is 0 Å². The molecule has 4 nitrogen and oxygen atoms in total. The van der Waals surface area contributed by atoms with Crippen LogP contribution in [0.1, 0.15) is 49.4 Å². The van der Waals surface area contributed by atoms with Crippen molar-refractivity contribution in [3.8, 4) is 0 Å². The molecule has 0 bridgehead atoms. The average Bonchev–Trinajstić information content (AvgIpc) is 3.37. The third-order valence-electron chi connectivity index (χ3n) is 4.56. The van der Waals surface area contributed by atoms with Crippen molar-refractivity contribution in [3.63, 3.8) is 0 Å². The molecule has 2 unspecified atom stereocenters. The Bertz CT molecular complexity index is 675. The van der Waals surface area contributed by atoms with Gasteiger partial charge in [-0.15, -0.1) is 0 Å². The van der Waals surface area contributed by atoms with Crippen molar-refractivity contribution in [3.05, 3.63) is 40.7 Å². The molecule has 5 heteroatoms. The highest BCUT2D eigenvalue weighted by molar-refractivity contribution is 6.29. The molecule has 2 fully saturated rings. The van der Waals surface area contributed by atoms with Gasteiger partial charge in [0.25, 0.3) is 0 Å². The highest BCUT2D eigenvalue weighted by atomic mass is 35.5. The molecule has 2 saturated carbocycles. The number of halogens is 1. The highest BCUT2D eigenvalue weighted by Crippen LogP contribution is 2.47. The second kappa shape index (κ2) is 5.27. The number of rotatable bonds is 5. The van der Waals surface area contributed by atoms with Crippen molar-refractivity contribution < 1.29 is 4.42 Å². The number of hydrogen-bond donors (Lipinski definition) is 0. The van der Waals surface area contributed by atoms with Crippen molar-refractivity contribution in [1.82, 2.24) is 9.97 Å². The summed E-state index contributed by atoms with van der Waals surface area (Å²) in [6, 6.07) is 6.62. The normalized spacial score (nSPS) is 23.6. The zero-order valence-corrected chi connectivity index (χ0v) is 13.7. The molecule has 0 saturated heterocycles. The number of hydrogen-bond acceptors (Lipinski definition) is 4. The minimum atomic E-state index is 0.500. The molecule has 4 rings (SSSR count). The molecular formula is C17H20ClN3O. The van der Waals surface area contributed by atoms with Crippen LogP contribution in [0.5, 0.6) is 0 Å². The second-order valence-corrected chi connectivity index (χ2v) is 6.97. The van der Waals surface area contributed by atoms with Crippen molar-refractivity contribution >= 4 is 17.4 Å². The van der Waals surface area contributed by atoms with Crippen molar-refractivity contribution in [2.24, 2.45) is 5.92 Å². The highest BCUT2D eigenvalue weighted by Gasteiger charge is 2.37. The summed E-state index contributed by atoms with van der Waals surface area (Å²) < 4.78 is 6.05. The van der Waals surface area contributed by atoms with Crippen LogP contribution in [0.25, 0.3) is 0 Å². The SMILES string of the molecule is Cc1nc(Cl)cc(N(Cc2ccc(C3CC3C)o2)C2CC2)n1. The summed E-state index contributed by atoms with van der Waals surface area (Å²) >= 11 is 6.09. The van der Waals surface area contributed by atoms with Crippen LogP contribution in [-0.2, 0) is 6.54 Å². The molecule has 2 heterocycles. The van der Waals surface area contributed by atoms with Gasteiger partial charge in [-0.05, 0) is 44.2 Å². The molecule has 2 aliphatic rings. The predicted octanol–water partition coefficient (Wildman–Crippen LogP) is 4.32. The third kappa shape index (κ3) is 2.84. The molecule has 2 aromatic heterocycles. The van der Waals surface area contributed by atoms with Gasteiger partial charge >= 0.3 is 0 Å². The molecule has 0 aromatic carbocycles. The summed E-state index contributed by atoms with van der Waals surface area (Å²) in [5, 5.41) is 0.500. The molecule has 0 amide bonds. The zero-order valence-electron chi connectivity index (χ0n) is 12.9. The van der Waals surface area contributed by atoms with E-state index in [0.29, 0.717) is 22.9 Å². The van der Waals surface area contributed by atoms with Crippen LogP contribution in [0.3, 0.4) is 0 Å². The largest absolute Gasteiger partial charge is 0.464 e. The average molecular weight is 318 g/mol. The fraction of sp³-hybridized carbons (Fsp3) is 0.529. The number of nitrogens with zero attached hydrogens (tertiary/aromatic N) is 3. The molecule has 0 spiro atoms. The molecule has 116 valence electrons. The van der Waals surface area contributed by atoms with Crippen molar-refractivity contribution in [2.75, 3.05) is 4.90 Å². The number of anilines is 1. The Labute approximate surface area is 135 Å². The van der Waals surface area contributed by atoms with E-state index in [1.807, 2.05) is 13.0 Å². The van der Waals surface area contributed by atoms with E-state index in [2.05, 4.69) is 33.9 Å². The maximum Gasteiger partial charge on any atom is 0.134 e. The summed E-state index contributed by atoms with van der Waals surface area (Å²) in [4.78, 5) is 11.0. The lowest BCUT2D eigenvalue weighted by Crippen LogP contribution is -2.26. The van der Waals surface area contributed by atoms with E-state index in [0.717, 1.165) is 29.8 Å². The lowest BCUT2D eigenvalue weighted by molar-refractivity contribution is 0.456.